The largest absolute Gasteiger partial charge is 0.198 e. The minimum Gasteiger partial charge on any atom is -0.198 e. The van der Waals surface area contributed by atoms with Gasteiger partial charge in [0, 0.05) is 11.5 Å². The first-order valence-electron chi connectivity index (χ1n) is 6.78. The summed E-state index contributed by atoms with van der Waals surface area (Å²) in [6.07, 6.45) is 0. The number of thioether (sulfide) groups is 1. The van der Waals surface area contributed by atoms with Gasteiger partial charge in [-0.25, -0.2) is 0 Å². The van der Waals surface area contributed by atoms with Crippen molar-refractivity contribution in [1.29, 1.82) is 5.26 Å². The molecule has 0 amide bonds. The van der Waals surface area contributed by atoms with Gasteiger partial charge in [-0.15, -0.1) is 0 Å². The molecule has 1 atom stereocenters. The molecule has 20 heavy (non-hydrogen) atoms. The van der Waals surface area contributed by atoms with Crippen LogP contribution in [0.3, 0.4) is 0 Å². The van der Waals surface area contributed by atoms with Crippen molar-refractivity contribution in [2.24, 2.45) is 0 Å². The van der Waals surface area contributed by atoms with E-state index in [0.29, 0.717) is 0 Å². The Morgan fingerprint density at radius 2 is 1.70 bits per heavy atom. The highest BCUT2D eigenvalue weighted by molar-refractivity contribution is 7.98. The molecule has 0 spiro atoms. The highest BCUT2D eigenvalue weighted by Gasteiger charge is 2.10. The third kappa shape index (κ3) is 4.15. The average molecular weight is 281 g/mol. The van der Waals surface area contributed by atoms with Gasteiger partial charge >= 0.3 is 0 Å². The quantitative estimate of drug-likeness (QED) is 0.782. The van der Waals surface area contributed by atoms with Crippen molar-refractivity contribution in [3.8, 4) is 6.07 Å². The van der Waals surface area contributed by atoms with E-state index in [1.807, 2.05) is 42.1 Å². The SMILES string of the molecule is Cc1cc(C)cc(CSCC(C#N)c2ccccc2)c1. The summed E-state index contributed by atoms with van der Waals surface area (Å²) in [6, 6.07) is 19.1. The van der Waals surface area contributed by atoms with E-state index in [1.165, 1.54) is 16.7 Å². The number of hydrogen-bond acceptors (Lipinski definition) is 2. The molecule has 2 heteroatoms. The average Bonchev–Trinajstić information content (AvgIpc) is 2.43. The topological polar surface area (TPSA) is 23.8 Å². The van der Waals surface area contributed by atoms with Gasteiger partial charge in [0.15, 0.2) is 0 Å². The van der Waals surface area contributed by atoms with E-state index in [4.69, 9.17) is 0 Å². The van der Waals surface area contributed by atoms with Gasteiger partial charge in [-0.1, -0.05) is 59.7 Å². The fourth-order valence-electron chi connectivity index (χ4n) is 2.34. The van der Waals surface area contributed by atoms with Crippen LogP contribution in [0.4, 0.5) is 0 Å². The summed E-state index contributed by atoms with van der Waals surface area (Å²) in [6.45, 7) is 4.26. The van der Waals surface area contributed by atoms with Gasteiger partial charge in [0.1, 0.15) is 0 Å². The van der Waals surface area contributed by atoms with Gasteiger partial charge in [-0.2, -0.15) is 17.0 Å². The van der Waals surface area contributed by atoms with E-state index in [1.54, 1.807) is 0 Å². The lowest BCUT2D eigenvalue weighted by Gasteiger charge is -2.10. The Morgan fingerprint density at radius 1 is 1.05 bits per heavy atom. The fourth-order valence-corrected chi connectivity index (χ4v) is 3.36. The van der Waals surface area contributed by atoms with Crippen LogP contribution >= 0.6 is 11.8 Å². The number of benzene rings is 2. The van der Waals surface area contributed by atoms with Crippen LogP contribution in [0.25, 0.3) is 0 Å². The molecule has 0 fully saturated rings. The Hall–Kier alpha value is -1.72. The molecule has 1 nitrogen and oxygen atoms in total. The minimum atomic E-state index is -0.0212. The second kappa shape index (κ2) is 7.17. The molecule has 0 bridgehead atoms. The number of aryl methyl sites for hydroxylation is 2. The predicted octanol–water partition coefficient (Wildman–Crippen LogP) is 4.84. The Bertz CT molecular complexity index is 578. The maximum Gasteiger partial charge on any atom is 0.0803 e. The van der Waals surface area contributed by atoms with Crippen molar-refractivity contribution in [3.63, 3.8) is 0 Å². The van der Waals surface area contributed by atoms with Crippen molar-refractivity contribution >= 4 is 11.8 Å². The van der Waals surface area contributed by atoms with E-state index in [2.05, 4.69) is 38.1 Å². The number of nitrogens with zero attached hydrogens (tertiary/aromatic N) is 1. The van der Waals surface area contributed by atoms with Crippen molar-refractivity contribution in [3.05, 3.63) is 70.8 Å². The molecule has 0 aliphatic heterocycles. The maximum absolute atomic E-state index is 9.30. The van der Waals surface area contributed by atoms with Gasteiger partial charge < -0.3 is 0 Å². The lowest BCUT2D eigenvalue weighted by atomic mass is 10.0. The molecule has 0 aliphatic carbocycles. The Kier molecular flexibility index (Phi) is 5.26. The Labute approximate surface area is 125 Å². The smallest absolute Gasteiger partial charge is 0.0803 e. The van der Waals surface area contributed by atoms with Crippen molar-refractivity contribution in [2.75, 3.05) is 5.75 Å². The first-order valence-corrected chi connectivity index (χ1v) is 7.94. The normalized spacial score (nSPS) is 11.8. The van der Waals surface area contributed by atoms with E-state index >= 15 is 0 Å². The zero-order valence-electron chi connectivity index (χ0n) is 12.0. The lowest BCUT2D eigenvalue weighted by molar-refractivity contribution is 0.996. The summed E-state index contributed by atoms with van der Waals surface area (Å²) in [4.78, 5) is 0. The maximum atomic E-state index is 9.30. The fraction of sp³-hybridized carbons (Fsp3) is 0.278. The Morgan fingerprint density at radius 3 is 2.30 bits per heavy atom. The second-order valence-corrected chi connectivity index (χ2v) is 6.13. The van der Waals surface area contributed by atoms with Crippen LogP contribution in [-0.2, 0) is 5.75 Å². The molecule has 2 aromatic carbocycles. The van der Waals surface area contributed by atoms with E-state index < -0.39 is 0 Å². The minimum absolute atomic E-state index is 0.0212. The first kappa shape index (κ1) is 14.7. The van der Waals surface area contributed by atoms with Gasteiger partial charge in [0.05, 0.1) is 12.0 Å². The monoisotopic (exact) mass is 281 g/mol. The summed E-state index contributed by atoms with van der Waals surface area (Å²) in [5.41, 5.74) is 5.07. The first-order chi connectivity index (χ1) is 9.69. The molecule has 0 heterocycles. The Balaban J connectivity index is 1.93. The highest BCUT2D eigenvalue weighted by atomic mass is 32.2. The van der Waals surface area contributed by atoms with E-state index in [9.17, 15) is 5.26 Å². The molecule has 102 valence electrons. The molecule has 2 rings (SSSR count). The highest BCUT2D eigenvalue weighted by Crippen LogP contribution is 2.23. The van der Waals surface area contributed by atoms with Crippen LogP contribution in [0.5, 0.6) is 0 Å². The van der Waals surface area contributed by atoms with Gasteiger partial charge in [-0.3, -0.25) is 0 Å². The predicted molar refractivity (Wildman–Crippen MR) is 86.9 cm³/mol. The van der Waals surface area contributed by atoms with Crippen molar-refractivity contribution in [2.45, 2.75) is 25.5 Å². The molecular weight excluding hydrogens is 262 g/mol. The van der Waals surface area contributed by atoms with Crippen LogP contribution in [0, 0.1) is 25.2 Å². The van der Waals surface area contributed by atoms with Crippen molar-refractivity contribution in [1.82, 2.24) is 0 Å². The molecule has 0 saturated heterocycles. The zero-order chi connectivity index (χ0) is 14.4. The zero-order valence-corrected chi connectivity index (χ0v) is 12.8. The van der Waals surface area contributed by atoms with Gasteiger partial charge in [0.2, 0.25) is 0 Å². The summed E-state index contributed by atoms with van der Waals surface area (Å²) in [5, 5.41) is 9.30. The van der Waals surface area contributed by atoms with Crippen LogP contribution < -0.4 is 0 Å². The van der Waals surface area contributed by atoms with Gasteiger partial charge in [-0.05, 0) is 25.0 Å². The number of nitriles is 1. The molecule has 0 aliphatic rings. The van der Waals surface area contributed by atoms with Crippen molar-refractivity contribution < 1.29 is 0 Å². The van der Waals surface area contributed by atoms with Crippen LogP contribution in [0.2, 0.25) is 0 Å². The molecule has 0 N–H and O–H groups in total. The van der Waals surface area contributed by atoms with E-state index in [-0.39, 0.29) is 5.92 Å². The molecule has 0 radical (unpaired) electrons. The van der Waals surface area contributed by atoms with E-state index in [0.717, 1.165) is 17.1 Å². The molecular formula is C18H19NS. The van der Waals surface area contributed by atoms with Gasteiger partial charge in [0.25, 0.3) is 0 Å². The third-order valence-electron chi connectivity index (χ3n) is 3.19. The molecule has 0 saturated carbocycles. The van der Waals surface area contributed by atoms with Crippen LogP contribution in [0.15, 0.2) is 48.5 Å². The molecule has 1 unspecified atom stereocenters. The standard InChI is InChI=1S/C18H19NS/c1-14-8-15(2)10-16(9-14)12-20-13-18(11-19)17-6-4-3-5-7-17/h3-10,18H,12-13H2,1-2H3. The molecule has 2 aromatic rings. The number of hydrogen-bond donors (Lipinski definition) is 0. The number of rotatable bonds is 5. The second-order valence-electron chi connectivity index (χ2n) is 5.10. The summed E-state index contributed by atoms with van der Waals surface area (Å²) >= 11 is 1.83. The van der Waals surface area contributed by atoms with Crippen LogP contribution in [0.1, 0.15) is 28.2 Å². The lowest BCUT2D eigenvalue weighted by Crippen LogP contribution is -1.99. The van der Waals surface area contributed by atoms with Crippen LogP contribution in [-0.4, -0.2) is 5.75 Å². The summed E-state index contributed by atoms with van der Waals surface area (Å²) in [7, 11) is 0. The molecule has 0 aromatic heterocycles. The summed E-state index contributed by atoms with van der Waals surface area (Å²) in [5.74, 6) is 1.79. The third-order valence-corrected chi connectivity index (χ3v) is 4.30. The summed E-state index contributed by atoms with van der Waals surface area (Å²) < 4.78 is 0.